The van der Waals surface area contributed by atoms with E-state index in [1.54, 1.807) is 7.11 Å². The molecule has 1 amide bonds. The third-order valence-corrected chi connectivity index (χ3v) is 5.82. The van der Waals surface area contributed by atoms with Crippen LogP contribution in [0.4, 0.5) is 0 Å². The summed E-state index contributed by atoms with van der Waals surface area (Å²) in [5.41, 5.74) is 0.468. The van der Waals surface area contributed by atoms with E-state index in [2.05, 4.69) is 0 Å². The molecule has 1 N–H and O–H groups in total. The van der Waals surface area contributed by atoms with Crippen molar-refractivity contribution in [1.29, 1.82) is 0 Å². The van der Waals surface area contributed by atoms with E-state index in [1.807, 2.05) is 42.2 Å². The van der Waals surface area contributed by atoms with E-state index in [4.69, 9.17) is 4.74 Å². The lowest BCUT2D eigenvalue weighted by atomic mass is 9.54. The number of piperidine rings is 1. The second-order valence-electron chi connectivity index (χ2n) is 7.00. The number of nitrogens with zero attached hydrogens (tertiary/aromatic N) is 1. The fraction of sp³-hybridized carbons (Fsp3) is 0.500. The Bertz CT molecular complexity index is 684. The number of benzene rings is 1. The van der Waals surface area contributed by atoms with Gasteiger partial charge >= 0.3 is 0 Å². The standard InChI is InChI=1S/C20H25NO4/c1-14-17-8-9-21(10-11-25-2)19(24)20(17,12-15(13-22)18(14)23)16-6-4-3-5-7-16/h3-7,13-14,17,22H,8-12H2,1-2H3/t14-,17-,20+/m0/s1. The quantitative estimate of drug-likeness (QED) is 0.674. The van der Waals surface area contributed by atoms with E-state index < -0.39 is 5.41 Å². The Hall–Kier alpha value is -2.14. The SMILES string of the molecule is COCCN1CC[C@H]2[C@H](C)C(=O)C(=CO)C[C@]2(c2ccccc2)C1=O. The van der Waals surface area contributed by atoms with E-state index in [-0.39, 0.29) is 29.9 Å². The van der Waals surface area contributed by atoms with Crippen molar-refractivity contribution in [2.75, 3.05) is 26.8 Å². The van der Waals surface area contributed by atoms with Crippen molar-refractivity contribution in [3.63, 3.8) is 0 Å². The van der Waals surface area contributed by atoms with Crippen LogP contribution in [0, 0.1) is 11.8 Å². The number of aliphatic hydroxyl groups is 1. The smallest absolute Gasteiger partial charge is 0.233 e. The Morgan fingerprint density at radius 2 is 2.04 bits per heavy atom. The first-order valence-corrected chi connectivity index (χ1v) is 8.77. The second kappa shape index (κ2) is 7.00. The molecule has 1 saturated heterocycles. The maximum absolute atomic E-state index is 13.6. The van der Waals surface area contributed by atoms with Gasteiger partial charge in [-0.15, -0.1) is 0 Å². The minimum Gasteiger partial charge on any atom is -0.515 e. The number of fused-ring (bicyclic) bond motifs is 1. The molecule has 0 unspecified atom stereocenters. The van der Waals surface area contributed by atoms with Crippen LogP contribution in [0.1, 0.15) is 25.3 Å². The third kappa shape index (κ3) is 2.76. The van der Waals surface area contributed by atoms with Crippen LogP contribution < -0.4 is 0 Å². The molecule has 5 nitrogen and oxygen atoms in total. The number of hydrogen-bond donors (Lipinski definition) is 1. The van der Waals surface area contributed by atoms with Crippen molar-refractivity contribution < 1.29 is 19.4 Å². The fourth-order valence-corrected chi connectivity index (χ4v) is 4.53. The number of methoxy groups -OCH3 is 1. The number of aliphatic hydroxyl groups excluding tert-OH is 1. The van der Waals surface area contributed by atoms with Crippen LogP contribution in [0.5, 0.6) is 0 Å². The van der Waals surface area contributed by atoms with Crippen molar-refractivity contribution in [2.24, 2.45) is 11.8 Å². The van der Waals surface area contributed by atoms with Gasteiger partial charge in [-0.05, 0) is 24.3 Å². The van der Waals surface area contributed by atoms with Gasteiger partial charge in [0.1, 0.15) is 0 Å². The largest absolute Gasteiger partial charge is 0.515 e. The molecule has 2 aliphatic rings. The number of carbonyl (C=O) groups is 2. The van der Waals surface area contributed by atoms with Gasteiger partial charge in [-0.25, -0.2) is 0 Å². The van der Waals surface area contributed by atoms with Crippen LogP contribution in [-0.2, 0) is 19.7 Å². The molecule has 0 aromatic heterocycles. The van der Waals surface area contributed by atoms with Crippen molar-refractivity contribution in [1.82, 2.24) is 4.90 Å². The Morgan fingerprint density at radius 3 is 2.68 bits per heavy atom. The van der Waals surface area contributed by atoms with Gasteiger partial charge in [-0.2, -0.15) is 0 Å². The summed E-state index contributed by atoms with van der Waals surface area (Å²) in [7, 11) is 1.62. The average molecular weight is 343 g/mol. The molecule has 1 aliphatic heterocycles. The highest BCUT2D eigenvalue weighted by Gasteiger charge is 2.58. The molecular formula is C20H25NO4. The van der Waals surface area contributed by atoms with E-state index in [0.717, 1.165) is 18.2 Å². The highest BCUT2D eigenvalue weighted by Crippen LogP contribution is 2.51. The third-order valence-electron chi connectivity index (χ3n) is 5.82. The molecule has 3 atom stereocenters. The number of ether oxygens (including phenoxy) is 1. The lowest BCUT2D eigenvalue weighted by Gasteiger charge is -2.52. The molecule has 1 aromatic rings. The lowest BCUT2D eigenvalue weighted by molar-refractivity contribution is -0.149. The van der Waals surface area contributed by atoms with Crippen LogP contribution in [0.15, 0.2) is 42.2 Å². The normalized spacial score (nSPS) is 31.3. The molecule has 2 fully saturated rings. The minimum atomic E-state index is -0.796. The van der Waals surface area contributed by atoms with Crippen LogP contribution in [0.3, 0.4) is 0 Å². The first-order chi connectivity index (χ1) is 12.1. The van der Waals surface area contributed by atoms with Gasteiger partial charge in [0.2, 0.25) is 5.91 Å². The van der Waals surface area contributed by atoms with Crippen LogP contribution >= 0.6 is 0 Å². The summed E-state index contributed by atoms with van der Waals surface area (Å²) in [5.74, 6) is -0.360. The molecule has 1 heterocycles. The van der Waals surface area contributed by atoms with E-state index in [1.165, 1.54) is 0 Å². The molecule has 134 valence electrons. The summed E-state index contributed by atoms with van der Waals surface area (Å²) < 4.78 is 5.15. The van der Waals surface area contributed by atoms with Gasteiger partial charge in [-0.1, -0.05) is 37.3 Å². The van der Waals surface area contributed by atoms with Gasteiger partial charge in [0, 0.05) is 31.7 Å². The molecule has 0 bridgehead atoms. The minimum absolute atomic E-state index is 0.0331. The summed E-state index contributed by atoms with van der Waals surface area (Å²) in [6.07, 6.45) is 1.92. The first-order valence-electron chi connectivity index (χ1n) is 8.77. The Balaban J connectivity index is 2.11. The predicted molar refractivity (Wildman–Crippen MR) is 94.2 cm³/mol. The Kier molecular flexibility index (Phi) is 4.95. The highest BCUT2D eigenvalue weighted by atomic mass is 16.5. The highest BCUT2D eigenvalue weighted by molar-refractivity contribution is 6.02. The molecule has 1 aromatic carbocycles. The Labute approximate surface area is 148 Å². The molecule has 3 rings (SSSR count). The molecular weight excluding hydrogens is 318 g/mol. The van der Waals surface area contributed by atoms with Crippen molar-refractivity contribution >= 4 is 11.7 Å². The summed E-state index contributed by atoms with van der Waals surface area (Å²) in [4.78, 5) is 28.0. The van der Waals surface area contributed by atoms with Gasteiger partial charge < -0.3 is 14.7 Å². The topological polar surface area (TPSA) is 66.8 Å². The zero-order valence-electron chi connectivity index (χ0n) is 14.8. The number of allylic oxidation sites excluding steroid dienone is 1. The molecule has 1 saturated carbocycles. The molecule has 1 aliphatic carbocycles. The zero-order valence-corrected chi connectivity index (χ0v) is 14.8. The van der Waals surface area contributed by atoms with Crippen molar-refractivity contribution in [3.05, 3.63) is 47.7 Å². The van der Waals surface area contributed by atoms with Gasteiger partial charge in [-0.3, -0.25) is 9.59 Å². The number of rotatable bonds is 4. The van der Waals surface area contributed by atoms with Gasteiger partial charge in [0.05, 0.1) is 18.3 Å². The van der Waals surface area contributed by atoms with Crippen molar-refractivity contribution in [3.8, 4) is 0 Å². The Morgan fingerprint density at radius 1 is 1.32 bits per heavy atom. The first kappa shape index (κ1) is 17.7. The molecule has 0 radical (unpaired) electrons. The number of hydrogen-bond acceptors (Lipinski definition) is 4. The zero-order chi connectivity index (χ0) is 18.0. The van der Waals surface area contributed by atoms with E-state index >= 15 is 0 Å². The van der Waals surface area contributed by atoms with Crippen LogP contribution in [-0.4, -0.2) is 48.5 Å². The summed E-state index contributed by atoms with van der Waals surface area (Å²) in [6, 6.07) is 9.69. The number of carbonyl (C=O) groups excluding carboxylic acids is 2. The number of ketones is 1. The van der Waals surface area contributed by atoms with Crippen LogP contribution in [0.2, 0.25) is 0 Å². The summed E-state index contributed by atoms with van der Waals surface area (Å²) in [6.45, 7) is 3.54. The van der Waals surface area contributed by atoms with Gasteiger partial charge in [0.25, 0.3) is 0 Å². The maximum atomic E-state index is 13.6. The number of Topliss-reactive ketones (excluding diaryl/α,β-unsaturated/α-hetero) is 1. The maximum Gasteiger partial charge on any atom is 0.233 e. The van der Waals surface area contributed by atoms with Crippen LogP contribution in [0.25, 0.3) is 0 Å². The van der Waals surface area contributed by atoms with E-state index in [9.17, 15) is 14.7 Å². The number of amides is 1. The average Bonchev–Trinajstić information content (AvgIpc) is 2.65. The van der Waals surface area contributed by atoms with E-state index in [0.29, 0.717) is 25.3 Å². The summed E-state index contributed by atoms with van der Waals surface area (Å²) >= 11 is 0. The molecule has 0 spiro atoms. The number of likely N-dealkylation sites (tertiary alicyclic amines) is 1. The second-order valence-corrected chi connectivity index (χ2v) is 7.00. The monoisotopic (exact) mass is 343 g/mol. The molecule has 25 heavy (non-hydrogen) atoms. The van der Waals surface area contributed by atoms with Crippen molar-refractivity contribution in [2.45, 2.75) is 25.2 Å². The fourth-order valence-electron chi connectivity index (χ4n) is 4.53. The summed E-state index contributed by atoms with van der Waals surface area (Å²) in [5, 5.41) is 9.60. The van der Waals surface area contributed by atoms with Gasteiger partial charge in [0.15, 0.2) is 5.78 Å². The lowest BCUT2D eigenvalue weighted by Crippen LogP contribution is -2.61. The predicted octanol–water partition coefficient (Wildman–Crippen LogP) is 2.47. The molecule has 5 heteroatoms.